The molecule has 6 nitrogen and oxygen atoms in total. The molecule has 0 saturated heterocycles. The summed E-state index contributed by atoms with van der Waals surface area (Å²) in [5.41, 5.74) is 2.83. The lowest BCUT2D eigenvalue weighted by molar-refractivity contribution is -0.120. The van der Waals surface area contributed by atoms with Crippen molar-refractivity contribution >= 4 is 28.5 Å². The molecule has 27 heavy (non-hydrogen) atoms. The predicted molar refractivity (Wildman–Crippen MR) is 104 cm³/mol. The zero-order chi connectivity index (χ0) is 18.8. The van der Waals surface area contributed by atoms with E-state index in [4.69, 9.17) is 21.1 Å². The Hall–Kier alpha value is -2.73. The second kappa shape index (κ2) is 7.48. The second-order valence-corrected chi connectivity index (χ2v) is 6.84. The largest absolute Gasteiger partial charge is 0.486 e. The van der Waals surface area contributed by atoms with E-state index in [-0.39, 0.29) is 12.3 Å². The van der Waals surface area contributed by atoms with Gasteiger partial charge in [-0.05, 0) is 36.8 Å². The van der Waals surface area contributed by atoms with Gasteiger partial charge in [0.1, 0.15) is 19.0 Å². The van der Waals surface area contributed by atoms with Crippen LogP contribution in [0.25, 0.3) is 11.0 Å². The summed E-state index contributed by atoms with van der Waals surface area (Å²) < 4.78 is 13.2. The average molecular weight is 386 g/mol. The smallest absolute Gasteiger partial charge is 0.224 e. The van der Waals surface area contributed by atoms with E-state index in [2.05, 4.69) is 14.9 Å². The number of benzene rings is 2. The first-order chi connectivity index (χ1) is 13.1. The van der Waals surface area contributed by atoms with Gasteiger partial charge in [0.05, 0.1) is 22.5 Å². The molecule has 2 aromatic carbocycles. The highest BCUT2D eigenvalue weighted by Crippen LogP contribution is 2.38. The van der Waals surface area contributed by atoms with E-state index in [1.807, 2.05) is 37.3 Å². The minimum Gasteiger partial charge on any atom is -0.486 e. The summed E-state index contributed by atoms with van der Waals surface area (Å²) in [4.78, 5) is 16.9. The Morgan fingerprint density at radius 2 is 2.07 bits per heavy atom. The molecule has 0 radical (unpaired) electrons. The van der Waals surface area contributed by atoms with Gasteiger partial charge in [-0.25, -0.2) is 4.98 Å². The second-order valence-electron chi connectivity index (χ2n) is 6.43. The van der Waals surface area contributed by atoms with Gasteiger partial charge in [-0.2, -0.15) is 0 Å². The maximum absolute atomic E-state index is 12.3. The lowest BCUT2D eigenvalue weighted by Crippen LogP contribution is -2.29. The van der Waals surface area contributed by atoms with Gasteiger partial charge >= 0.3 is 0 Å². The van der Waals surface area contributed by atoms with Crippen molar-refractivity contribution in [2.45, 2.75) is 19.9 Å². The number of fused-ring (bicyclic) bond motifs is 2. The van der Waals surface area contributed by atoms with Crippen LogP contribution in [0.2, 0.25) is 5.02 Å². The Morgan fingerprint density at radius 1 is 1.26 bits per heavy atom. The summed E-state index contributed by atoms with van der Waals surface area (Å²) in [5.74, 6) is 2.01. The van der Waals surface area contributed by atoms with Crippen molar-refractivity contribution in [3.05, 3.63) is 52.8 Å². The molecule has 1 aliphatic heterocycles. The topological polar surface area (TPSA) is 65.4 Å². The number of aryl methyl sites for hydroxylation is 1. The van der Waals surface area contributed by atoms with E-state index in [0.717, 1.165) is 22.4 Å². The molecule has 0 spiro atoms. The number of hydrogen-bond donors (Lipinski definition) is 1. The summed E-state index contributed by atoms with van der Waals surface area (Å²) in [7, 11) is 0. The van der Waals surface area contributed by atoms with Gasteiger partial charge in [-0.1, -0.05) is 23.7 Å². The average Bonchev–Trinajstić information content (AvgIpc) is 2.97. The van der Waals surface area contributed by atoms with Gasteiger partial charge in [0, 0.05) is 13.1 Å². The van der Waals surface area contributed by atoms with Crippen LogP contribution in [0.4, 0.5) is 0 Å². The fourth-order valence-electron chi connectivity index (χ4n) is 3.30. The van der Waals surface area contributed by atoms with Crippen LogP contribution in [-0.4, -0.2) is 35.2 Å². The summed E-state index contributed by atoms with van der Waals surface area (Å²) in [5, 5.41) is 3.43. The molecule has 4 rings (SSSR count). The van der Waals surface area contributed by atoms with E-state index >= 15 is 0 Å². The summed E-state index contributed by atoms with van der Waals surface area (Å²) in [6.45, 7) is 4.13. The third kappa shape index (κ3) is 3.71. The van der Waals surface area contributed by atoms with Crippen LogP contribution in [0.1, 0.15) is 11.4 Å². The van der Waals surface area contributed by atoms with Crippen LogP contribution >= 0.6 is 11.6 Å². The van der Waals surface area contributed by atoms with E-state index in [1.54, 1.807) is 6.07 Å². The van der Waals surface area contributed by atoms with E-state index in [1.165, 1.54) is 0 Å². The van der Waals surface area contributed by atoms with Gasteiger partial charge in [-0.3, -0.25) is 4.79 Å². The lowest BCUT2D eigenvalue weighted by Gasteiger charge is -2.20. The number of halogens is 1. The Kier molecular flexibility index (Phi) is 4.90. The third-order valence-corrected chi connectivity index (χ3v) is 4.81. The molecule has 0 fully saturated rings. The molecule has 1 amide bonds. The first-order valence-electron chi connectivity index (χ1n) is 8.88. The van der Waals surface area contributed by atoms with Crippen LogP contribution in [0.3, 0.4) is 0 Å². The molecule has 0 unspecified atom stereocenters. The first kappa shape index (κ1) is 17.7. The molecule has 0 atom stereocenters. The molecule has 0 saturated carbocycles. The van der Waals surface area contributed by atoms with Gasteiger partial charge in [0.25, 0.3) is 0 Å². The molecular weight excluding hydrogens is 366 g/mol. The zero-order valence-electron chi connectivity index (χ0n) is 15.0. The number of para-hydroxylation sites is 2. The summed E-state index contributed by atoms with van der Waals surface area (Å²) >= 11 is 6.23. The minimum atomic E-state index is -0.0650. The Bertz CT molecular complexity index is 1000. The number of carbonyl (C=O) groups is 1. The molecule has 0 bridgehead atoms. The SMILES string of the molecule is Cc1nc2ccccc2n1CCNC(=O)Cc1cc(Cl)c2c(c1)OCCO2. The minimum absolute atomic E-state index is 0.0650. The number of aromatic nitrogens is 2. The predicted octanol–water partition coefficient (Wildman–Crippen LogP) is 3.13. The number of nitrogens with one attached hydrogen (secondary N) is 1. The highest BCUT2D eigenvalue weighted by Gasteiger charge is 2.17. The van der Waals surface area contributed by atoms with Crippen LogP contribution < -0.4 is 14.8 Å². The van der Waals surface area contributed by atoms with Gasteiger partial charge < -0.3 is 19.4 Å². The van der Waals surface area contributed by atoms with Crippen molar-refractivity contribution in [2.75, 3.05) is 19.8 Å². The maximum Gasteiger partial charge on any atom is 0.224 e. The standard InChI is InChI=1S/C20H20ClN3O3/c1-13-23-16-4-2-3-5-17(16)24(13)7-6-22-19(25)12-14-10-15(21)20-18(11-14)26-8-9-27-20/h2-5,10-11H,6-9,12H2,1H3,(H,22,25). The molecule has 3 aromatic rings. The zero-order valence-corrected chi connectivity index (χ0v) is 15.8. The fraction of sp³-hybridized carbons (Fsp3) is 0.300. The van der Waals surface area contributed by atoms with E-state index in [9.17, 15) is 4.79 Å². The summed E-state index contributed by atoms with van der Waals surface area (Å²) in [6, 6.07) is 11.6. The first-order valence-corrected chi connectivity index (χ1v) is 9.26. The molecule has 7 heteroatoms. The molecule has 2 heterocycles. The van der Waals surface area contributed by atoms with Gasteiger partial charge in [-0.15, -0.1) is 0 Å². The van der Waals surface area contributed by atoms with E-state index in [0.29, 0.717) is 42.8 Å². The molecule has 1 N–H and O–H groups in total. The number of ether oxygens (including phenoxy) is 2. The van der Waals surface area contributed by atoms with E-state index < -0.39 is 0 Å². The monoisotopic (exact) mass is 385 g/mol. The molecule has 0 aliphatic carbocycles. The van der Waals surface area contributed by atoms with Crippen molar-refractivity contribution < 1.29 is 14.3 Å². The Morgan fingerprint density at radius 3 is 2.96 bits per heavy atom. The lowest BCUT2D eigenvalue weighted by atomic mass is 10.1. The molecule has 140 valence electrons. The normalized spacial score (nSPS) is 13.0. The van der Waals surface area contributed by atoms with Gasteiger partial charge in [0.15, 0.2) is 11.5 Å². The highest BCUT2D eigenvalue weighted by molar-refractivity contribution is 6.32. The van der Waals surface area contributed by atoms with Crippen LogP contribution in [0, 0.1) is 6.92 Å². The van der Waals surface area contributed by atoms with Crippen molar-refractivity contribution in [2.24, 2.45) is 0 Å². The number of amides is 1. The number of rotatable bonds is 5. The Labute approximate surface area is 162 Å². The highest BCUT2D eigenvalue weighted by atomic mass is 35.5. The Balaban J connectivity index is 1.37. The van der Waals surface area contributed by atoms with Crippen LogP contribution in [0.5, 0.6) is 11.5 Å². The van der Waals surface area contributed by atoms with Crippen molar-refractivity contribution in [3.63, 3.8) is 0 Å². The van der Waals surface area contributed by atoms with Crippen LogP contribution in [-0.2, 0) is 17.8 Å². The van der Waals surface area contributed by atoms with Gasteiger partial charge in [0.2, 0.25) is 5.91 Å². The number of carbonyl (C=O) groups excluding carboxylic acids is 1. The molecule has 1 aromatic heterocycles. The van der Waals surface area contributed by atoms with Crippen molar-refractivity contribution in [3.8, 4) is 11.5 Å². The van der Waals surface area contributed by atoms with Crippen LogP contribution in [0.15, 0.2) is 36.4 Å². The van der Waals surface area contributed by atoms with Crippen molar-refractivity contribution in [1.29, 1.82) is 0 Å². The number of hydrogen-bond acceptors (Lipinski definition) is 4. The van der Waals surface area contributed by atoms with Crippen molar-refractivity contribution in [1.82, 2.24) is 14.9 Å². The number of imidazole rings is 1. The summed E-state index contributed by atoms with van der Waals surface area (Å²) in [6.07, 6.45) is 0.236. The number of nitrogens with zero attached hydrogens (tertiary/aromatic N) is 2. The quantitative estimate of drug-likeness (QED) is 0.732. The maximum atomic E-state index is 12.3. The molecule has 1 aliphatic rings. The molecular formula is C20H20ClN3O3. The fourth-order valence-corrected chi connectivity index (χ4v) is 3.59. The third-order valence-electron chi connectivity index (χ3n) is 4.52.